The van der Waals surface area contributed by atoms with Gasteiger partial charge in [0, 0.05) is 17.7 Å². The largest absolute Gasteiger partial charge is 0.348 e. The second-order valence-corrected chi connectivity index (χ2v) is 6.09. The molecule has 2 amide bonds. The van der Waals surface area contributed by atoms with E-state index in [2.05, 4.69) is 10.6 Å². The summed E-state index contributed by atoms with van der Waals surface area (Å²) in [6.07, 6.45) is 0. The predicted molar refractivity (Wildman–Crippen MR) is 97.8 cm³/mol. The highest BCUT2D eigenvalue weighted by molar-refractivity contribution is 5.97. The molecule has 2 unspecified atom stereocenters. The van der Waals surface area contributed by atoms with E-state index in [1.54, 1.807) is 6.92 Å². The van der Waals surface area contributed by atoms with Crippen molar-refractivity contribution < 1.29 is 14.5 Å². The van der Waals surface area contributed by atoms with E-state index < -0.39 is 16.9 Å². The fourth-order valence-corrected chi connectivity index (χ4v) is 2.60. The van der Waals surface area contributed by atoms with Gasteiger partial charge in [0.2, 0.25) is 5.91 Å². The quantitative estimate of drug-likeness (QED) is 0.614. The minimum Gasteiger partial charge on any atom is -0.348 e. The van der Waals surface area contributed by atoms with Crippen LogP contribution in [0.4, 0.5) is 5.69 Å². The van der Waals surface area contributed by atoms with E-state index in [-0.39, 0.29) is 23.2 Å². The number of non-ortho nitro benzene ring substituents is 1. The number of amides is 2. The SMILES string of the molecule is Cc1ccccc1C(C)NC(=O)C(C)NC(=O)c1cccc([N+](=O)[O-])c1. The van der Waals surface area contributed by atoms with Gasteiger partial charge in [-0.05, 0) is 38.0 Å². The number of aryl methyl sites for hydroxylation is 1. The Morgan fingerprint density at radius 2 is 1.73 bits per heavy atom. The Bertz CT molecular complexity index is 835. The molecule has 0 saturated carbocycles. The van der Waals surface area contributed by atoms with Gasteiger partial charge in [-0.2, -0.15) is 0 Å². The zero-order chi connectivity index (χ0) is 19.3. The summed E-state index contributed by atoms with van der Waals surface area (Å²) in [5, 5.41) is 16.2. The van der Waals surface area contributed by atoms with Crippen LogP contribution < -0.4 is 10.6 Å². The first-order chi connectivity index (χ1) is 12.3. The van der Waals surface area contributed by atoms with Crippen LogP contribution >= 0.6 is 0 Å². The minimum atomic E-state index is -0.784. The average Bonchev–Trinajstić information content (AvgIpc) is 2.61. The molecular weight excluding hydrogens is 334 g/mol. The topological polar surface area (TPSA) is 101 Å². The number of hydrogen-bond donors (Lipinski definition) is 2. The van der Waals surface area contributed by atoms with E-state index in [9.17, 15) is 19.7 Å². The summed E-state index contributed by atoms with van der Waals surface area (Å²) in [6.45, 7) is 5.40. The molecule has 0 aromatic heterocycles. The molecule has 0 heterocycles. The maximum Gasteiger partial charge on any atom is 0.270 e. The molecule has 136 valence electrons. The fraction of sp³-hybridized carbons (Fsp3) is 0.263. The van der Waals surface area contributed by atoms with E-state index in [0.29, 0.717) is 0 Å². The second kappa shape index (κ2) is 8.24. The molecular formula is C19H21N3O4. The Morgan fingerprint density at radius 1 is 1.04 bits per heavy atom. The highest BCUT2D eigenvalue weighted by Crippen LogP contribution is 2.17. The van der Waals surface area contributed by atoms with Crippen molar-refractivity contribution in [3.63, 3.8) is 0 Å². The normalized spacial score (nSPS) is 12.7. The zero-order valence-electron chi connectivity index (χ0n) is 14.9. The summed E-state index contributed by atoms with van der Waals surface area (Å²) in [5.41, 5.74) is 2.01. The van der Waals surface area contributed by atoms with Crippen LogP contribution in [0, 0.1) is 17.0 Å². The molecule has 0 bridgehead atoms. The highest BCUT2D eigenvalue weighted by Gasteiger charge is 2.20. The van der Waals surface area contributed by atoms with Crippen molar-refractivity contribution in [1.82, 2.24) is 10.6 Å². The van der Waals surface area contributed by atoms with Gasteiger partial charge in [0.15, 0.2) is 0 Å². The van der Waals surface area contributed by atoms with Crippen molar-refractivity contribution >= 4 is 17.5 Å². The molecule has 0 radical (unpaired) electrons. The van der Waals surface area contributed by atoms with Gasteiger partial charge in [0.05, 0.1) is 11.0 Å². The van der Waals surface area contributed by atoms with Crippen molar-refractivity contribution in [2.45, 2.75) is 32.9 Å². The molecule has 0 spiro atoms. The summed E-state index contributed by atoms with van der Waals surface area (Å²) < 4.78 is 0. The number of nitro groups is 1. The van der Waals surface area contributed by atoms with Crippen LogP contribution in [-0.2, 0) is 4.79 Å². The molecule has 2 rings (SSSR count). The summed E-state index contributed by atoms with van der Waals surface area (Å²) in [6, 6.07) is 12.1. The van der Waals surface area contributed by atoms with Gasteiger partial charge in [-0.25, -0.2) is 0 Å². The van der Waals surface area contributed by atoms with Gasteiger partial charge in [0.1, 0.15) is 6.04 Å². The monoisotopic (exact) mass is 355 g/mol. The third-order valence-corrected chi connectivity index (χ3v) is 4.07. The second-order valence-electron chi connectivity index (χ2n) is 6.09. The average molecular weight is 355 g/mol. The molecule has 7 heteroatoms. The molecule has 0 aliphatic carbocycles. The lowest BCUT2D eigenvalue weighted by atomic mass is 10.0. The van der Waals surface area contributed by atoms with E-state index in [4.69, 9.17) is 0 Å². The third kappa shape index (κ3) is 4.66. The lowest BCUT2D eigenvalue weighted by Gasteiger charge is -2.20. The minimum absolute atomic E-state index is 0.130. The number of nitro benzene ring substituents is 1. The molecule has 2 aromatic carbocycles. The first kappa shape index (κ1) is 19.1. The van der Waals surface area contributed by atoms with Crippen molar-refractivity contribution in [3.8, 4) is 0 Å². The standard InChI is InChI=1S/C19H21N3O4/c1-12-7-4-5-10-17(12)13(2)20-18(23)14(3)21-19(24)15-8-6-9-16(11-15)22(25)26/h4-11,13-14H,1-3H3,(H,20,23)(H,21,24). The number of hydrogen-bond acceptors (Lipinski definition) is 4. The van der Waals surface area contributed by atoms with Gasteiger partial charge in [-0.3, -0.25) is 19.7 Å². The summed E-state index contributed by atoms with van der Waals surface area (Å²) in [4.78, 5) is 34.8. The van der Waals surface area contributed by atoms with E-state index in [0.717, 1.165) is 11.1 Å². The molecule has 0 saturated heterocycles. The van der Waals surface area contributed by atoms with Crippen LogP contribution in [-0.4, -0.2) is 22.8 Å². The lowest BCUT2D eigenvalue weighted by molar-refractivity contribution is -0.384. The molecule has 2 N–H and O–H groups in total. The first-order valence-corrected chi connectivity index (χ1v) is 8.21. The van der Waals surface area contributed by atoms with Crippen LogP contribution in [0.1, 0.15) is 41.4 Å². The van der Waals surface area contributed by atoms with Crippen LogP contribution in [0.5, 0.6) is 0 Å². The Balaban J connectivity index is 2.00. The van der Waals surface area contributed by atoms with E-state index >= 15 is 0 Å². The number of carbonyl (C=O) groups is 2. The van der Waals surface area contributed by atoms with Crippen LogP contribution in [0.25, 0.3) is 0 Å². The molecule has 2 atom stereocenters. The number of nitrogens with zero attached hydrogens (tertiary/aromatic N) is 1. The van der Waals surface area contributed by atoms with Crippen LogP contribution in [0.15, 0.2) is 48.5 Å². The van der Waals surface area contributed by atoms with Gasteiger partial charge >= 0.3 is 0 Å². The molecule has 0 aliphatic heterocycles. The van der Waals surface area contributed by atoms with Gasteiger partial charge < -0.3 is 10.6 Å². The first-order valence-electron chi connectivity index (χ1n) is 8.21. The zero-order valence-corrected chi connectivity index (χ0v) is 14.9. The fourth-order valence-electron chi connectivity index (χ4n) is 2.60. The Labute approximate surface area is 151 Å². The van der Waals surface area contributed by atoms with Crippen molar-refractivity contribution in [3.05, 3.63) is 75.3 Å². The number of rotatable bonds is 6. The molecule has 2 aromatic rings. The van der Waals surface area contributed by atoms with Crippen molar-refractivity contribution in [2.24, 2.45) is 0 Å². The number of nitrogens with one attached hydrogen (secondary N) is 2. The van der Waals surface area contributed by atoms with Gasteiger partial charge in [-0.15, -0.1) is 0 Å². The molecule has 26 heavy (non-hydrogen) atoms. The highest BCUT2D eigenvalue weighted by atomic mass is 16.6. The van der Waals surface area contributed by atoms with Crippen molar-refractivity contribution in [2.75, 3.05) is 0 Å². The van der Waals surface area contributed by atoms with Crippen molar-refractivity contribution in [1.29, 1.82) is 0 Å². The molecule has 7 nitrogen and oxygen atoms in total. The Morgan fingerprint density at radius 3 is 2.38 bits per heavy atom. The van der Waals surface area contributed by atoms with Crippen LogP contribution in [0.2, 0.25) is 0 Å². The Kier molecular flexibility index (Phi) is 6.06. The van der Waals surface area contributed by atoms with Gasteiger partial charge in [0.25, 0.3) is 11.6 Å². The molecule has 0 fully saturated rings. The number of benzene rings is 2. The number of carbonyl (C=O) groups excluding carboxylic acids is 2. The van der Waals surface area contributed by atoms with E-state index in [1.807, 2.05) is 38.1 Å². The summed E-state index contributed by atoms with van der Waals surface area (Å²) in [5.74, 6) is -0.876. The predicted octanol–water partition coefficient (Wildman–Crippen LogP) is 2.90. The summed E-state index contributed by atoms with van der Waals surface area (Å²) in [7, 11) is 0. The van der Waals surface area contributed by atoms with Gasteiger partial charge in [-0.1, -0.05) is 30.3 Å². The lowest BCUT2D eigenvalue weighted by Crippen LogP contribution is -2.45. The van der Waals surface area contributed by atoms with Crippen LogP contribution in [0.3, 0.4) is 0 Å². The summed E-state index contributed by atoms with van der Waals surface area (Å²) >= 11 is 0. The smallest absolute Gasteiger partial charge is 0.270 e. The third-order valence-electron chi connectivity index (χ3n) is 4.07. The van der Waals surface area contributed by atoms with E-state index in [1.165, 1.54) is 24.3 Å². The maximum atomic E-state index is 12.3. The Hall–Kier alpha value is -3.22. The molecule has 0 aliphatic rings. The maximum absolute atomic E-state index is 12.3.